The summed E-state index contributed by atoms with van der Waals surface area (Å²) in [5.41, 5.74) is 2.04. The Labute approximate surface area is 121 Å². The summed E-state index contributed by atoms with van der Waals surface area (Å²) in [6.07, 6.45) is 9.46. The summed E-state index contributed by atoms with van der Waals surface area (Å²) in [6, 6.07) is 0.868. The third-order valence-corrected chi connectivity index (χ3v) is 5.66. The molecule has 0 aromatic carbocycles. The molecule has 1 saturated carbocycles. The highest BCUT2D eigenvalue weighted by Crippen LogP contribution is 2.47. The van der Waals surface area contributed by atoms with Crippen molar-refractivity contribution in [2.45, 2.75) is 44.6 Å². The maximum absolute atomic E-state index is 4.34. The van der Waals surface area contributed by atoms with Crippen LogP contribution in [0.3, 0.4) is 0 Å². The number of aryl methyl sites for hydroxylation is 1. The van der Waals surface area contributed by atoms with E-state index in [-0.39, 0.29) is 0 Å². The van der Waals surface area contributed by atoms with Crippen molar-refractivity contribution in [3.8, 4) is 0 Å². The Morgan fingerprint density at radius 1 is 1.15 bits per heavy atom. The van der Waals surface area contributed by atoms with Crippen molar-refractivity contribution < 1.29 is 0 Å². The normalized spacial score (nSPS) is 27.2. The van der Waals surface area contributed by atoms with Crippen LogP contribution in [-0.4, -0.2) is 47.1 Å². The summed E-state index contributed by atoms with van der Waals surface area (Å²) < 4.78 is 0. The van der Waals surface area contributed by atoms with E-state index in [2.05, 4.69) is 20.2 Å². The molecule has 20 heavy (non-hydrogen) atoms. The van der Waals surface area contributed by atoms with Gasteiger partial charge in [-0.15, -0.1) is 0 Å². The topological polar surface area (TPSA) is 41.1 Å². The van der Waals surface area contributed by atoms with Crippen LogP contribution in [0.2, 0.25) is 0 Å². The van der Waals surface area contributed by atoms with Gasteiger partial charge in [-0.05, 0) is 62.6 Å². The molecule has 3 fully saturated rings. The molecule has 0 bridgehead atoms. The largest absolute Gasteiger partial charge is 0.316 e. The molecule has 1 aromatic heterocycles. The number of rotatable bonds is 2. The lowest BCUT2D eigenvalue weighted by Gasteiger charge is -2.58. The van der Waals surface area contributed by atoms with Gasteiger partial charge < -0.3 is 10.2 Å². The third kappa shape index (κ3) is 2.15. The molecule has 108 valence electrons. The minimum Gasteiger partial charge on any atom is -0.316 e. The SMILES string of the molecule is Cc1ncc(C2CCN(C3CC4(CNC4)C3)CC2)cn1. The molecule has 1 N–H and O–H groups in total. The number of piperidine rings is 1. The van der Waals surface area contributed by atoms with Crippen LogP contribution in [0.25, 0.3) is 0 Å². The van der Waals surface area contributed by atoms with Gasteiger partial charge in [0.25, 0.3) is 0 Å². The van der Waals surface area contributed by atoms with Crippen molar-refractivity contribution in [1.29, 1.82) is 0 Å². The van der Waals surface area contributed by atoms with Gasteiger partial charge >= 0.3 is 0 Å². The van der Waals surface area contributed by atoms with E-state index in [1.165, 1.54) is 57.4 Å². The molecule has 2 saturated heterocycles. The maximum Gasteiger partial charge on any atom is 0.125 e. The first-order valence-electron chi connectivity index (χ1n) is 7.97. The number of nitrogens with one attached hydrogen (secondary N) is 1. The number of nitrogens with zero attached hydrogens (tertiary/aromatic N) is 3. The molecular weight excluding hydrogens is 248 g/mol. The average molecular weight is 272 g/mol. The summed E-state index contributed by atoms with van der Waals surface area (Å²) in [5, 5.41) is 3.43. The molecule has 1 aliphatic carbocycles. The first-order chi connectivity index (χ1) is 9.74. The second kappa shape index (κ2) is 4.78. The van der Waals surface area contributed by atoms with E-state index in [9.17, 15) is 0 Å². The Morgan fingerprint density at radius 3 is 2.35 bits per heavy atom. The summed E-state index contributed by atoms with van der Waals surface area (Å²) >= 11 is 0. The van der Waals surface area contributed by atoms with Crippen molar-refractivity contribution in [2.24, 2.45) is 5.41 Å². The lowest BCUT2D eigenvalue weighted by Crippen LogP contribution is -2.65. The van der Waals surface area contributed by atoms with Gasteiger partial charge in [-0.1, -0.05) is 0 Å². The Morgan fingerprint density at radius 2 is 1.80 bits per heavy atom. The van der Waals surface area contributed by atoms with E-state index in [4.69, 9.17) is 0 Å². The van der Waals surface area contributed by atoms with Crippen molar-refractivity contribution in [2.75, 3.05) is 26.2 Å². The lowest BCUT2D eigenvalue weighted by molar-refractivity contribution is -0.0432. The molecule has 3 aliphatic rings. The fourth-order valence-corrected chi connectivity index (χ4v) is 4.18. The molecule has 4 nitrogen and oxygen atoms in total. The lowest BCUT2D eigenvalue weighted by atomic mass is 9.61. The van der Waals surface area contributed by atoms with Crippen LogP contribution >= 0.6 is 0 Å². The van der Waals surface area contributed by atoms with E-state index in [0.29, 0.717) is 11.3 Å². The van der Waals surface area contributed by atoms with E-state index in [1.807, 2.05) is 19.3 Å². The Hall–Kier alpha value is -1.00. The zero-order valence-electron chi connectivity index (χ0n) is 12.3. The van der Waals surface area contributed by atoms with Crippen LogP contribution in [0.15, 0.2) is 12.4 Å². The van der Waals surface area contributed by atoms with Crippen LogP contribution in [0.5, 0.6) is 0 Å². The van der Waals surface area contributed by atoms with E-state index in [0.717, 1.165) is 11.9 Å². The molecule has 0 unspecified atom stereocenters. The highest BCUT2D eigenvalue weighted by molar-refractivity contribution is 5.13. The van der Waals surface area contributed by atoms with Gasteiger partial charge in [0.2, 0.25) is 0 Å². The molecule has 1 spiro atoms. The quantitative estimate of drug-likeness (QED) is 0.890. The Balaban J connectivity index is 1.31. The molecule has 4 rings (SSSR count). The summed E-state index contributed by atoms with van der Waals surface area (Å²) in [4.78, 5) is 11.4. The first kappa shape index (κ1) is 12.7. The Bertz CT molecular complexity index is 464. The van der Waals surface area contributed by atoms with E-state index in [1.54, 1.807) is 0 Å². The van der Waals surface area contributed by atoms with Gasteiger partial charge in [0.15, 0.2) is 0 Å². The average Bonchev–Trinajstić information content (AvgIpc) is 2.37. The highest BCUT2D eigenvalue weighted by Gasteiger charge is 2.50. The molecule has 4 heteroatoms. The van der Waals surface area contributed by atoms with Crippen LogP contribution < -0.4 is 5.32 Å². The van der Waals surface area contributed by atoms with Crippen molar-refractivity contribution >= 4 is 0 Å². The molecular formula is C16H24N4. The van der Waals surface area contributed by atoms with E-state index >= 15 is 0 Å². The number of hydrogen-bond donors (Lipinski definition) is 1. The fraction of sp³-hybridized carbons (Fsp3) is 0.750. The fourth-order valence-electron chi connectivity index (χ4n) is 4.18. The van der Waals surface area contributed by atoms with Crippen molar-refractivity contribution in [3.05, 3.63) is 23.8 Å². The maximum atomic E-state index is 4.34. The van der Waals surface area contributed by atoms with Gasteiger partial charge in [-0.2, -0.15) is 0 Å². The molecule has 0 amide bonds. The van der Waals surface area contributed by atoms with Gasteiger partial charge in [0.1, 0.15) is 5.82 Å². The van der Waals surface area contributed by atoms with Gasteiger partial charge in [0.05, 0.1) is 0 Å². The van der Waals surface area contributed by atoms with Gasteiger partial charge in [0, 0.05) is 31.5 Å². The zero-order valence-corrected chi connectivity index (χ0v) is 12.3. The molecule has 2 aliphatic heterocycles. The molecule has 0 atom stereocenters. The summed E-state index contributed by atoms with van der Waals surface area (Å²) in [6.45, 7) is 6.99. The monoisotopic (exact) mass is 272 g/mol. The van der Waals surface area contributed by atoms with Crippen molar-refractivity contribution in [3.63, 3.8) is 0 Å². The van der Waals surface area contributed by atoms with Crippen LogP contribution in [-0.2, 0) is 0 Å². The molecule has 1 aromatic rings. The standard InChI is InChI=1S/C16H24N4/c1-12-18-8-14(9-19-12)13-2-4-20(5-3-13)15-6-16(7-15)10-17-11-16/h8-9,13,15,17H,2-7,10-11H2,1H3. The van der Waals surface area contributed by atoms with Crippen molar-refractivity contribution in [1.82, 2.24) is 20.2 Å². The predicted octanol–water partition coefficient (Wildman–Crippen LogP) is 1.72. The minimum absolute atomic E-state index is 0.672. The third-order valence-electron chi connectivity index (χ3n) is 5.66. The summed E-state index contributed by atoms with van der Waals surface area (Å²) in [5.74, 6) is 1.55. The van der Waals surface area contributed by atoms with E-state index < -0.39 is 0 Å². The van der Waals surface area contributed by atoms with Crippen LogP contribution in [0, 0.1) is 12.3 Å². The highest BCUT2D eigenvalue weighted by atomic mass is 15.2. The van der Waals surface area contributed by atoms with Gasteiger partial charge in [-0.25, -0.2) is 9.97 Å². The molecule has 0 radical (unpaired) electrons. The number of hydrogen-bond acceptors (Lipinski definition) is 4. The smallest absolute Gasteiger partial charge is 0.125 e. The number of likely N-dealkylation sites (tertiary alicyclic amines) is 1. The van der Waals surface area contributed by atoms with Crippen LogP contribution in [0.1, 0.15) is 43.0 Å². The first-order valence-corrected chi connectivity index (χ1v) is 7.97. The molecule has 3 heterocycles. The second-order valence-corrected chi connectivity index (χ2v) is 7.04. The van der Waals surface area contributed by atoms with Crippen LogP contribution in [0.4, 0.5) is 0 Å². The van der Waals surface area contributed by atoms with Gasteiger partial charge in [-0.3, -0.25) is 0 Å². The minimum atomic E-state index is 0.672. The predicted molar refractivity (Wildman–Crippen MR) is 78.6 cm³/mol. The summed E-state index contributed by atoms with van der Waals surface area (Å²) in [7, 11) is 0. The number of aromatic nitrogens is 2. The Kier molecular flexibility index (Phi) is 3.04. The zero-order chi connectivity index (χ0) is 13.6. The second-order valence-electron chi connectivity index (χ2n) is 7.04.